The molecule has 1 aromatic carbocycles. The van der Waals surface area contributed by atoms with Crippen molar-refractivity contribution in [3.05, 3.63) is 29.8 Å². The molecule has 6 heteroatoms. The molecule has 0 radical (unpaired) electrons. The van der Waals surface area contributed by atoms with Gasteiger partial charge < -0.3 is 21.3 Å². The zero-order valence-electron chi connectivity index (χ0n) is 9.09. The average Bonchev–Trinajstić information content (AvgIpc) is 2.25. The van der Waals surface area contributed by atoms with Crippen LogP contribution in [-0.4, -0.2) is 34.7 Å². The van der Waals surface area contributed by atoms with Gasteiger partial charge in [0.25, 0.3) is 0 Å². The molecular formula is C11H14N2O4. The van der Waals surface area contributed by atoms with E-state index in [-0.39, 0.29) is 6.42 Å². The van der Waals surface area contributed by atoms with Crippen molar-refractivity contribution in [1.29, 1.82) is 0 Å². The second kappa shape index (κ2) is 5.86. The lowest BCUT2D eigenvalue weighted by Crippen LogP contribution is -2.43. The van der Waals surface area contributed by atoms with Gasteiger partial charge in [-0.15, -0.1) is 0 Å². The molecule has 6 nitrogen and oxygen atoms in total. The van der Waals surface area contributed by atoms with Crippen molar-refractivity contribution in [1.82, 2.24) is 5.32 Å². The molecule has 0 fully saturated rings. The maximum atomic E-state index is 11.5. The van der Waals surface area contributed by atoms with Gasteiger partial charge in [0.15, 0.2) is 0 Å². The van der Waals surface area contributed by atoms with Gasteiger partial charge in [0.05, 0.1) is 13.0 Å². The van der Waals surface area contributed by atoms with E-state index in [1.165, 1.54) is 0 Å². The number of benzene rings is 1. The van der Waals surface area contributed by atoms with Crippen LogP contribution in [0.4, 0.5) is 5.69 Å². The van der Waals surface area contributed by atoms with Crippen molar-refractivity contribution >= 4 is 17.6 Å². The third-order valence-corrected chi connectivity index (χ3v) is 2.13. The molecule has 17 heavy (non-hydrogen) atoms. The maximum Gasteiger partial charge on any atom is 0.328 e. The van der Waals surface area contributed by atoms with Crippen LogP contribution < -0.4 is 11.1 Å². The Labute approximate surface area is 98.1 Å². The van der Waals surface area contributed by atoms with Gasteiger partial charge in [-0.2, -0.15) is 0 Å². The highest BCUT2D eigenvalue weighted by Crippen LogP contribution is 2.07. The summed E-state index contributed by atoms with van der Waals surface area (Å²) in [7, 11) is 0. The highest BCUT2D eigenvalue weighted by Gasteiger charge is 2.18. The van der Waals surface area contributed by atoms with Crippen LogP contribution in [0.15, 0.2) is 24.3 Å². The number of aliphatic hydroxyl groups is 1. The van der Waals surface area contributed by atoms with Gasteiger partial charge in [-0.05, 0) is 17.7 Å². The minimum absolute atomic E-state index is 0.0226. The number of amides is 1. The van der Waals surface area contributed by atoms with Gasteiger partial charge in [0.2, 0.25) is 5.91 Å². The van der Waals surface area contributed by atoms with Crippen molar-refractivity contribution in [3.63, 3.8) is 0 Å². The molecule has 0 spiro atoms. The molecule has 0 saturated carbocycles. The lowest BCUT2D eigenvalue weighted by Gasteiger charge is -2.11. The number of hydrogen-bond donors (Lipinski definition) is 4. The Bertz CT molecular complexity index is 420. The number of carbonyl (C=O) groups is 2. The monoisotopic (exact) mass is 238 g/mol. The molecule has 0 unspecified atom stereocenters. The van der Waals surface area contributed by atoms with E-state index >= 15 is 0 Å². The Balaban J connectivity index is 2.58. The van der Waals surface area contributed by atoms with E-state index in [0.29, 0.717) is 11.3 Å². The third kappa shape index (κ3) is 4.12. The van der Waals surface area contributed by atoms with Gasteiger partial charge in [0.1, 0.15) is 6.04 Å². The van der Waals surface area contributed by atoms with Crippen molar-refractivity contribution < 1.29 is 19.8 Å². The van der Waals surface area contributed by atoms with Crippen molar-refractivity contribution in [2.24, 2.45) is 0 Å². The summed E-state index contributed by atoms with van der Waals surface area (Å²) >= 11 is 0. The number of nitrogens with one attached hydrogen (secondary N) is 1. The van der Waals surface area contributed by atoms with Crippen LogP contribution in [0.3, 0.4) is 0 Å². The van der Waals surface area contributed by atoms with Crippen LogP contribution in [0, 0.1) is 0 Å². The summed E-state index contributed by atoms with van der Waals surface area (Å²) in [5.74, 6) is -1.74. The summed E-state index contributed by atoms with van der Waals surface area (Å²) in [5.41, 5.74) is 6.76. The number of aliphatic carboxylic acids is 1. The molecule has 5 N–H and O–H groups in total. The zero-order valence-corrected chi connectivity index (χ0v) is 9.09. The molecule has 0 aliphatic rings. The van der Waals surface area contributed by atoms with Gasteiger partial charge in [0, 0.05) is 5.69 Å². The normalized spacial score (nSPS) is 11.8. The topological polar surface area (TPSA) is 113 Å². The molecule has 1 aromatic rings. The molecule has 1 amide bonds. The number of carboxylic acids is 1. The van der Waals surface area contributed by atoms with Crippen LogP contribution in [0.25, 0.3) is 0 Å². The fraction of sp³-hybridized carbons (Fsp3) is 0.273. The van der Waals surface area contributed by atoms with E-state index in [2.05, 4.69) is 5.32 Å². The molecular weight excluding hydrogens is 224 g/mol. The first kappa shape index (κ1) is 13.0. The van der Waals surface area contributed by atoms with Gasteiger partial charge in [-0.1, -0.05) is 12.1 Å². The zero-order chi connectivity index (χ0) is 12.8. The van der Waals surface area contributed by atoms with E-state index in [9.17, 15) is 9.59 Å². The number of hydrogen-bond acceptors (Lipinski definition) is 4. The predicted molar refractivity (Wildman–Crippen MR) is 61.2 cm³/mol. The van der Waals surface area contributed by atoms with E-state index in [1.807, 2.05) is 0 Å². The summed E-state index contributed by atoms with van der Waals surface area (Å²) in [6, 6.07) is 5.47. The summed E-state index contributed by atoms with van der Waals surface area (Å²) in [5, 5.41) is 19.6. The van der Waals surface area contributed by atoms with E-state index in [1.54, 1.807) is 24.3 Å². The molecule has 0 aliphatic heterocycles. The molecule has 92 valence electrons. The van der Waals surface area contributed by atoms with Crippen LogP contribution in [0.2, 0.25) is 0 Å². The smallest absolute Gasteiger partial charge is 0.328 e. The molecule has 0 aromatic heterocycles. The maximum absolute atomic E-state index is 11.5. The van der Waals surface area contributed by atoms with E-state index in [4.69, 9.17) is 15.9 Å². The quantitative estimate of drug-likeness (QED) is 0.510. The standard InChI is InChI=1S/C11H14N2O4/c12-8-3-1-2-7(4-8)5-10(15)13-9(6-14)11(16)17/h1-4,9,14H,5-6,12H2,(H,13,15)(H,16,17)/t9-/m1/s1. The van der Waals surface area contributed by atoms with Gasteiger partial charge in [-0.3, -0.25) is 4.79 Å². The highest BCUT2D eigenvalue weighted by molar-refractivity contribution is 5.85. The SMILES string of the molecule is Nc1cccc(CC(=O)N[C@H](CO)C(=O)O)c1. The van der Waals surface area contributed by atoms with Crippen LogP contribution in [-0.2, 0) is 16.0 Å². The number of nitrogens with two attached hydrogens (primary N) is 1. The van der Waals surface area contributed by atoms with E-state index in [0.717, 1.165) is 0 Å². The molecule has 0 saturated heterocycles. The fourth-order valence-corrected chi connectivity index (χ4v) is 1.32. The van der Waals surface area contributed by atoms with Crippen LogP contribution in [0.1, 0.15) is 5.56 Å². The fourth-order valence-electron chi connectivity index (χ4n) is 1.32. The molecule has 0 bridgehead atoms. The first-order valence-corrected chi connectivity index (χ1v) is 5.00. The first-order valence-electron chi connectivity index (χ1n) is 5.00. The van der Waals surface area contributed by atoms with Gasteiger partial charge >= 0.3 is 5.97 Å². The largest absolute Gasteiger partial charge is 0.480 e. The number of anilines is 1. The Kier molecular flexibility index (Phi) is 4.47. The molecule has 0 aliphatic carbocycles. The van der Waals surface area contributed by atoms with Crippen molar-refractivity contribution in [2.45, 2.75) is 12.5 Å². The third-order valence-electron chi connectivity index (χ3n) is 2.13. The molecule has 1 atom stereocenters. The van der Waals surface area contributed by atoms with Gasteiger partial charge in [-0.25, -0.2) is 4.79 Å². The Morgan fingerprint density at radius 1 is 1.41 bits per heavy atom. The summed E-state index contributed by atoms with van der Waals surface area (Å²) in [4.78, 5) is 22.0. The minimum atomic E-state index is -1.27. The van der Waals surface area contributed by atoms with Crippen molar-refractivity contribution in [2.75, 3.05) is 12.3 Å². The number of aliphatic hydroxyl groups excluding tert-OH is 1. The van der Waals surface area contributed by atoms with E-state index < -0.39 is 24.5 Å². The highest BCUT2D eigenvalue weighted by atomic mass is 16.4. The lowest BCUT2D eigenvalue weighted by atomic mass is 10.1. The number of carboxylic acid groups (broad SMARTS) is 1. The molecule has 1 rings (SSSR count). The summed E-state index contributed by atoms with van der Waals surface area (Å²) < 4.78 is 0. The Morgan fingerprint density at radius 3 is 2.65 bits per heavy atom. The first-order chi connectivity index (χ1) is 8.02. The molecule has 0 heterocycles. The Hall–Kier alpha value is -2.08. The van der Waals surface area contributed by atoms with Crippen LogP contribution >= 0.6 is 0 Å². The summed E-state index contributed by atoms with van der Waals surface area (Å²) in [6.07, 6.45) is 0.0226. The number of rotatable bonds is 5. The number of carbonyl (C=O) groups excluding carboxylic acids is 1. The predicted octanol–water partition coefficient (Wildman–Crippen LogP) is -0.627. The Morgan fingerprint density at radius 2 is 2.12 bits per heavy atom. The second-order valence-electron chi connectivity index (χ2n) is 3.56. The lowest BCUT2D eigenvalue weighted by molar-refractivity contribution is -0.142. The summed E-state index contributed by atoms with van der Waals surface area (Å²) in [6.45, 7) is -0.641. The minimum Gasteiger partial charge on any atom is -0.480 e. The van der Waals surface area contributed by atoms with Crippen LogP contribution in [0.5, 0.6) is 0 Å². The van der Waals surface area contributed by atoms with Crippen molar-refractivity contribution in [3.8, 4) is 0 Å². The average molecular weight is 238 g/mol. The number of nitrogen functional groups attached to an aromatic ring is 1. The second-order valence-corrected chi connectivity index (χ2v) is 3.56.